The van der Waals surface area contributed by atoms with Crippen LogP contribution < -0.4 is 10.2 Å². The number of benzene rings is 1. The van der Waals surface area contributed by atoms with Crippen molar-refractivity contribution in [2.45, 2.75) is 13.0 Å². The number of amides is 1. The molecule has 3 rings (SSSR count). The molecule has 0 spiro atoms. The lowest BCUT2D eigenvalue weighted by atomic mass is 10.1. The topological polar surface area (TPSA) is 85.2 Å². The highest BCUT2D eigenvalue weighted by Gasteiger charge is 2.21. The van der Waals surface area contributed by atoms with Crippen molar-refractivity contribution in [3.63, 3.8) is 0 Å². The molecular formula is C19H22N6O. The Hall–Kier alpha value is -2.98. The number of nitrogens with one attached hydrogen (secondary N) is 1. The molecule has 0 radical (unpaired) electrons. The number of nitrogens with zero attached hydrogens (tertiary/aromatic N) is 5. The van der Waals surface area contributed by atoms with Gasteiger partial charge >= 0.3 is 0 Å². The average molecular weight is 350 g/mol. The van der Waals surface area contributed by atoms with Crippen molar-refractivity contribution in [2.75, 3.05) is 37.6 Å². The van der Waals surface area contributed by atoms with Gasteiger partial charge in [-0.15, -0.1) is 0 Å². The molecule has 2 aromatic rings. The van der Waals surface area contributed by atoms with Gasteiger partial charge in [0.15, 0.2) is 0 Å². The van der Waals surface area contributed by atoms with E-state index >= 15 is 0 Å². The summed E-state index contributed by atoms with van der Waals surface area (Å²) in [5.41, 5.74) is 1.76. The van der Waals surface area contributed by atoms with Crippen LogP contribution in [0.4, 0.5) is 5.95 Å². The van der Waals surface area contributed by atoms with Gasteiger partial charge in [-0.2, -0.15) is 5.26 Å². The Kier molecular flexibility index (Phi) is 6.12. The molecule has 0 unspecified atom stereocenters. The smallest absolute Gasteiger partial charge is 0.225 e. The molecule has 1 aliphatic heterocycles. The molecule has 1 amide bonds. The fourth-order valence-electron chi connectivity index (χ4n) is 2.89. The number of hydrogen-bond acceptors (Lipinski definition) is 6. The van der Waals surface area contributed by atoms with Crippen LogP contribution in [0, 0.1) is 11.3 Å². The Morgan fingerprint density at radius 2 is 1.81 bits per heavy atom. The predicted molar refractivity (Wildman–Crippen MR) is 98.3 cm³/mol. The van der Waals surface area contributed by atoms with Gasteiger partial charge < -0.3 is 15.1 Å². The Balaban J connectivity index is 1.36. The molecule has 7 nitrogen and oxygen atoms in total. The van der Waals surface area contributed by atoms with Crippen LogP contribution in [0.3, 0.4) is 0 Å². The van der Waals surface area contributed by atoms with Crippen LogP contribution in [0.25, 0.3) is 0 Å². The Labute approximate surface area is 153 Å². The second-order valence-electron chi connectivity index (χ2n) is 6.15. The molecule has 0 bridgehead atoms. The van der Waals surface area contributed by atoms with Crippen molar-refractivity contribution < 1.29 is 4.79 Å². The van der Waals surface area contributed by atoms with Crippen molar-refractivity contribution in [2.24, 2.45) is 0 Å². The SMILES string of the molecule is N#Cc1ccc(CNCCC(=O)N2CCN(c3ncccn3)CC2)cc1. The minimum absolute atomic E-state index is 0.172. The fraction of sp³-hybridized carbons (Fsp3) is 0.368. The van der Waals surface area contributed by atoms with Crippen molar-refractivity contribution in [1.29, 1.82) is 5.26 Å². The molecule has 1 aromatic heterocycles. The number of carbonyl (C=O) groups is 1. The van der Waals surface area contributed by atoms with E-state index in [0.717, 1.165) is 24.6 Å². The third-order valence-corrected chi connectivity index (χ3v) is 4.40. The van der Waals surface area contributed by atoms with Crippen LogP contribution in [0.5, 0.6) is 0 Å². The Morgan fingerprint density at radius 3 is 2.46 bits per heavy atom. The maximum atomic E-state index is 12.3. The Morgan fingerprint density at radius 1 is 1.12 bits per heavy atom. The van der Waals surface area contributed by atoms with Gasteiger partial charge in [0.1, 0.15) is 0 Å². The van der Waals surface area contributed by atoms with E-state index < -0.39 is 0 Å². The van der Waals surface area contributed by atoms with Gasteiger partial charge in [0.25, 0.3) is 0 Å². The lowest BCUT2D eigenvalue weighted by Gasteiger charge is -2.34. The van der Waals surface area contributed by atoms with Crippen molar-refractivity contribution in [3.8, 4) is 6.07 Å². The molecular weight excluding hydrogens is 328 g/mol. The molecule has 7 heteroatoms. The zero-order valence-corrected chi connectivity index (χ0v) is 14.6. The van der Waals surface area contributed by atoms with Gasteiger partial charge in [-0.1, -0.05) is 12.1 Å². The van der Waals surface area contributed by atoms with Crippen molar-refractivity contribution in [1.82, 2.24) is 20.2 Å². The van der Waals surface area contributed by atoms with E-state index in [1.807, 2.05) is 17.0 Å². The van der Waals surface area contributed by atoms with Crippen molar-refractivity contribution in [3.05, 3.63) is 53.9 Å². The van der Waals surface area contributed by atoms with Gasteiger partial charge in [-0.3, -0.25) is 4.79 Å². The zero-order chi connectivity index (χ0) is 18.2. The van der Waals surface area contributed by atoms with Gasteiger partial charge in [0, 0.05) is 58.1 Å². The van der Waals surface area contributed by atoms with Crippen LogP contribution in [-0.2, 0) is 11.3 Å². The summed E-state index contributed by atoms with van der Waals surface area (Å²) < 4.78 is 0. The molecule has 0 aliphatic carbocycles. The maximum Gasteiger partial charge on any atom is 0.225 e. The molecule has 1 aromatic carbocycles. The second-order valence-corrected chi connectivity index (χ2v) is 6.15. The number of carbonyl (C=O) groups excluding carboxylic acids is 1. The van der Waals surface area contributed by atoms with Crippen LogP contribution in [0.1, 0.15) is 17.5 Å². The number of anilines is 1. The molecule has 1 saturated heterocycles. The highest BCUT2D eigenvalue weighted by atomic mass is 16.2. The highest BCUT2D eigenvalue weighted by molar-refractivity contribution is 5.76. The molecule has 1 N–H and O–H groups in total. The number of piperazine rings is 1. The van der Waals surface area contributed by atoms with Crippen LogP contribution in [-0.4, -0.2) is 53.5 Å². The molecule has 2 heterocycles. The van der Waals surface area contributed by atoms with Gasteiger partial charge in [-0.25, -0.2) is 9.97 Å². The first-order chi connectivity index (χ1) is 12.8. The predicted octanol–water partition coefficient (Wildman–Crippen LogP) is 1.18. The summed E-state index contributed by atoms with van der Waals surface area (Å²) in [4.78, 5) is 24.9. The zero-order valence-electron chi connectivity index (χ0n) is 14.6. The van der Waals surface area contributed by atoms with Crippen LogP contribution in [0.2, 0.25) is 0 Å². The quantitative estimate of drug-likeness (QED) is 0.788. The second kappa shape index (κ2) is 8.92. The molecule has 1 fully saturated rings. The van der Waals surface area contributed by atoms with Gasteiger partial charge in [0.2, 0.25) is 11.9 Å². The molecule has 134 valence electrons. The summed E-state index contributed by atoms with van der Waals surface area (Å²) in [6.07, 6.45) is 3.96. The van der Waals surface area contributed by atoms with E-state index in [4.69, 9.17) is 5.26 Å². The number of rotatable bonds is 6. The van der Waals surface area contributed by atoms with E-state index in [-0.39, 0.29) is 5.91 Å². The Bertz CT molecular complexity index is 748. The van der Waals surface area contributed by atoms with Crippen LogP contribution in [0.15, 0.2) is 42.7 Å². The van der Waals surface area contributed by atoms with E-state index in [2.05, 4.69) is 26.3 Å². The minimum Gasteiger partial charge on any atom is -0.339 e. The van der Waals surface area contributed by atoms with E-state index in [1.54, 1.807) is 30.6 Å². The first-order valence-corrected chi connectivity index (χ1v) is 8.76. The third-order valence-electron chi connectivity index (χ3n) is 4.40. The fourth-order valence-corrected chi connectivity index (χ4v) is 2.89. The maximum absolute atomic E-state index is 12.3. The standard InChI is InChI=1S/C19H22N6O/c20-14-16-2-4-17(5-3-16)15-21-9-6-18(26)24-10-12-25(13-11-24)19-22-7-1-8-23-19/h1-5,7-8,21H,6,9-13,15H2. The number of nitriles is 1. The first-order valence-electron chi connectivity index (χ1n) is 8.76. The first kappa shape index (κ1) is 17.8. The average Bonchev–Trinajstić information content (AvgIpc) is 2.72. The van der Waals surface area contributed by atoms with Gasteiger partial charge in [0.05, 0.1) is 11.6 Å². The number of hydrogen-bond donors (Lipinski definition) is 1. The highest BCUT2D eigenvalue weighted by Crippen LogP contribution is 2.10. The van der Waals surface area contributed by atoms with Gasteiger partial charge in [-0.05, 0) is 23.8 Å². The third kappa shape index (κ3) is 4.77. The summed E-state index contributed by atoms with van der Waals surface area (Å²) in [6.45, 7) is 4.25. The summed E-state index contributed by atoms with van der Waals surface area (Å²) in [7, 11) is 0. The summed E-state index contributed by atoms with van der Waals surface area (Å²) in [6, 6.07) is 11.4. The normalized spacial score (nSPS) is 14.1. The lowest BCUT2D eigenvalue weighted by Crippen LogP contribution is -2.49. The monoisotopic (exact) mass is 350 g/mol. The number of aromatic nitrogens is 2. The van der Waals surface area contributed by atoms with Crippen molar-refractivity contribution >= 4 is 11.9 Å². The summed E-state index contributed by atoms with van der Waals surface area (Å²) in [5, 5.41) is 12.1. The molecule has 1 aliphatic rings. The van der Waals surface area contributed by atoms with E-state index in [9.17, 15) is 4.79 Å². The largest absolute Gasteiger partial charge is 0.339 e. The molecule has 0 saturated carbocycles. The summed E-state index contributed by atoms with van der Waals surface area (Å²) >= 11 is 0. The summed E-state index contributed by atoms with van der Waals surface area (Å²) in [5.74, 6) is 0.898. The minimum atomic E-state index is 0.172. The van der Waals surface area contributed by atoms with E-state index in [0.29, 0.717) is 38.2 Å². The van der Waals surface area contributed by atoms with E-state index in [1.165, 1.54) is 0 Å². The molecule has 26 heavy (non-hydrogen) atoms. The van der Waals surface area contributed by atoms with Crippen LogP contribution >= 0.6 is 0 Å². The molecule has 0 atom stereocenters. The lowest BCUT2D eigenvalue weighted by molar-refractivity contribution is -0.131.